The molecule has 2 atom stereocenters. The molecule has 0 saturated carbocycles. The van der Waals surface area contributed by atoms with Crippen molar-refractivity contribution in [3.05, 3.63) is 35.4 Å². The molecule has 3 nitrogen and oxygen atoms in total. The summed E-state index contributed by atoms with van der Waals surface area (Å²) in [6, 6.07) is 7.39. The summed E-state index contributed by atoms with van der Waals surface area (Å²) >= 11 is 0. The van der Waals surface area contributed by atoms with Crippen LogP contribution in [0.1, 0.15) is 23.7 Å². The number of aliphatic hydroxyl groups excluding tert-OH is 1. The average Bonchev–Trinajstić information content (AvgIpc) is 2.18. The van der Waals surface area contributed by atoms with Crippen LogP contribution in [0.15, 0.2) is 24.3 Å². The number of carboxylic acids is 1. The van der Waals surface area contributed by atoms with E-state index >= 15 is 0 Å². The summed E-state index contributed by atoms with van der Waals surface area (Å²) in [5.41, 5.74) is 1.77. The first kappa shape index (κ1) is 9.21. The van der Waals surface area contributed by atoms with Gasteiger partial charge < -0.3 is 15.0 Å². The number of aliphatic carboxylic acids is 1. The first-order valence-corrected chi connectivity index (χ1v) is 4.67. The van der Waals surface area contributed by atoms with Crippen LogP contribution in [0.2, 0.25) is 0 Å². The highest BCUT2D eigenvalue weighted by Gasteiger charge is 2.28. The highest BCUT2D eigenvalue weighted by Crippen LogP contribution is 2.33. The number of benzene rings is 1. The van der Waals surface area contributed by atoms with Gasteiger partial charge in [-0.05, 0) is 24.0 Å². The Hall–Kier alpha value is -1.35. The zero-order valence-corrected chi connectivity index (χ0v) is 7.64. The second-order valence-corrected chi connectivity index (χ2v) is 3.61. The lowest BCUT2D eigenvalue weighted by molar-refractivity contribution is -0.315. The second-order valence-electron chi connectivity index (χ2n) is 3.61. The number of hydrogen-bond acceptors (Lipinski definition) is 3. The van der Waals surface area contributed by atoms with Crippen LogP contribution in [0.4, 0.5) is 0 Å². The fourth-order valence-corrected chi connectivity index (χ4v) is 1.98. The summed E-state index contributed by atoms with van der Waals surface area (Å²) in [6.07, 6.45) is 0.247. The molecule has 0 heterocycles. The minimum absolute atomic E-state index is 0.459. The van der Waals surface area contributed by atoms with Crippen molar-refractivity contribution in [1.82, 2.24) is 0 Å². The highest BCUT2D eigenvalue weighted by atomic mass is 16.4. The van der Waals surface area contributed by atoms with Crippen LogP contribution in [0.5, 0.6) is 0 Å². The van der Waals surface area contributed by atoms with Crippen LogP contribution < -0.4 is 5.11 Å². The van der Waals surface area contributed by atoms with E-state index in [1.54, 1.807) is 12.1 Å². The molecule has 0 saturated heterocycles. The summed E-state index contributed by atoms with van der Waals surface area (Å²) in [5, 5.41) is 20.5. The van der Waals surface area contributed by atoms with Gasteiger partial charge in [0.25, 0.3) is 0 Å². The highest BCUT2D eigenvalue weighted by molar-refractivity contribution is 5.69. The minimum Gasteiger partial charge on any atom is -0.550 e. The zero-order chi connectivity index (χ0) is 10.1. The molecule has 0 amide bonds. The number of aliphatic hydroxyl groups is 1. The quantitative estimate of drug-likeness (QED) is 0.681. The number of aryl methyl sites for hydroxylation is 1. The van der Waals surface area contributed by atoms with Gasteiger partial charge in [0.1, 0.15) is 0 Å². The molecule has 74 valence electrons. The van der Waals surface area contributed by atoms with E-state index in [1.807, 2.05) is 12.1 Å². The van der Waals surface area contributed by atoms with Crippen LogP contribution in [0.25, 0.3) is 0 Å². The third-order valence-electron chi connectivity index (χ3n) is 2.78. The molecule has 0 radical (unpaired) electrons. The Balaban J connectivity index is 2.36. The molecule has 0 aromatic heterocycles. The van der Waals surface area contributed by atoms with Gasteiger partial charge in [-0.2, -0.15) is 0 Å². The third-order valence-corrected chi connectivity index (χ3v) is 2.78. The average molecular weight is 191 g/mol. The van der Waals surface area contributed by atoms with Gasteiger partial charge >= 0.3 is 0 Å². The van der Waals surface area contributed by atoms with E-state index in [2.05, 4.69) is 0 Å². The van der Waals surface area contributed by atoms with E-state index in [0.717, 1.165) is 11.1 Å². The summed E-state index contributed by atoms with van der Waals surface area (Å²) in [7, 11) is 0. The topological polar surface area (TPSA) is 60.4 Å². The van der Waals surface area contributed by atoms with Crippen LogP contribution in [0.3, 0.4) is 0 Å². The molecule has 0 aliphatic heterocycles. The molecule has 0 unspecified atom stereocenters. The second kappa shape index (κ2) is 3.42. The summed E-state index contributed by atoms with van der Waals surface area (Å²) in [4.78, 5) is 10.7. The van der Waals surface area contributed by atoms with E-state index in [1.165, 1.54) is 0 Å². The Bertz CT molecular complexity index is 359. The largest absolute Gasteiger partial charge is 0.550 e. The number of rotatable bonds is 1. The molecule has 2 rings (SSSR count). The number of hydrogen-bond donors (Lipinski definition) is 1. The normalized spacial score (nSPS) is 25.5. The van der Waals surface area contributed by atoms with Crippen molar-refractivity contribution in [3.63, 3.8) is 0 Å². The number of carbonyl (C=O) groups excluding carboxylic acids is 1. The molecular formula is C11H11O3-. The number of fused-ring (bicyclic) bond motifs is 1. The Kier molecular flexibility index (Phi) is 2.25. The molecule has 1 aliphatic carbocycles. The van der Waals surface area contributed by atoms with Crippen molar-refractivity contribution in [2.45, 2.75) is 18.9 Å². The lowest BCUT2D eigenvalue weighted by atomic mass is 9.81. The molecule has 0 bridgehead atoms. The Labute approximate surface area is 82.0 Å². The van der Waals surface area contributed by atoms with Gasteiger partial charge in [0, 0.05) is 11.9 Å². The first-order chi connectivity index (χ1) is 6.70. The SMILES string of the molecule is O=C([O-])[C@H]1CCc2ccccc2[C@H]1O. The van der Waals surface area contributed by atoms with Crippen molar-refractivity contribution in [1.29, 1.82) is 0 Å². The summed E-state index contributed by atoms with van der Waals surface area (Å²) in [5.74, 6) is -1.92. The van der Waals surface area contributed by atoms with E-state index in [0.29, 0.717) is 12.8 Å². The molecule has 0 fully saturated rings. The Morgan fingerprint density at radius 3 is 2.86 bits per heavy atom. The molecule has 3 heteroatoms. The lowest BCUT2D eigenvalue weighted by Crippen LogP contribution is -2.37. The molecule has 1 aromatic carbocycles. The van der Waals surface area contributed by atoms with Crippen molar-refractivity contribution in [3.8, 4) is 0 Å². The summed E-state index contributed by atoms with van der Waals surface area (Å²) < 4.78 is 0. The third kappa shape index (κ3) is 1.40. The summed E-state index contributed by atoms with van der Waals surface area (Å²) in [6.45, 7) is 0. The van der Waals surface area contributed by atoms with E-state index in [-0.39, 0.29) is 0 Å². The van der Waals surface area contributed by atoms with E-state index in [4.69, 9.17) is 0 Å². The molecule has 1 aliphatic rings. The monoisotopic (exact) mass is 191 g/mol. The van der Waals surface area contributed by atoms with E-state index in [9.17, 15) is 15.0 Å². The van der Waals surface area contributed by atoms with Crippen molar-refractivity contribution in [2.75, 3.05) is 0 Å². The van der Waals surface area contributed by atoms with Crippen LogP contribution in [0, 0.1) is 5.92 Å². The maximum Gasteiger partial charge on any atom is 0.0873 e. The number of carboxylic acid groups (broad SMARTS) is 1. The minimum atomic E-state index is -1.16. The molecule has 14 heavy (non-hydrogen) atoms. The maximum atomic E-state index is 10.7. The molecule has 1 aromatic rings. The smallest absolute Gasteiger partial charge is 0.0873 e. The van der Waals surface area contributed by atoms with Crippen molar-refractivity contribution in [2.24, 2.45) is 5.92 Å². The van der Waals surface area contributed by atoms with E-state index < -0.39 is 18.0 Å². The van der Waals surface area contributed by atoms with Gasteiger partial charge in [-0.3, -0.25) is 0 Å². The van der Waals surface area contributed by atoms with Crippen LogP contribution in [-0.4, -0.2) is 11.1 Å². The number of carbonyl (C=O) groups is 1. The zero-order valence-electron chi connectivity index (χ0n) is 7.64. The Morgan fingerprint density at radius 1 is 1.43 bits per heavy atom. The van der Waals surface area contributed by atoms with Gasteiger partial charge in [-0.25, -0.2) is 0 Å². The van der Waals surface area contributed by atoms with Crippen molar-refractivity contribution < 1.29 is 15.0 Å². The van der Waals surface area contributed by atoms with Crippen molar-refractivity contribution >= 4 is 5.97 Å². The fourth-order valence-electron chi connectivity index (χ4n) is 1.98. The van der Waals surface area contributed by atoms with Gasteiger partial charge in [0.15, 0.2) is 0 Å². The van der Waals surface area contributed by atoms with Gasteiger partial charge in [-0.1, -0.05) is 24.3 Å². The molecule has 1 N–H and O–H groups in total. The maximum absolute atomic E-state index is 10.7. The standard InChI is InChI=1S/C11H12O3/c12-10-8-4-2-1-3-7(8)5-6-9(10)11(13)14/h1-4,9-10,12H,5-6H2,(H,13,14)/p-1/t9-,10+/m0/s1. The van der Waals surface area contributed by atoms with Gasteiger partial charge in [0.2, 0.25) is 0 Å². The van der Waals surface area contributed by atoms with Crippen LogP contribution in [-0.2, 0) is 11.2 Å². The van der Waals surface area contributed by atoms with Gasteiger partial charge in [0.05, 0.1) is 6.10 Å². The lowest BCUT2D eigenvalue weighted by Gasteiger charge is -2.30. The first-order valence-electron chi connectivity index (χ1n) is 4.67. The fraction of sp³-hybridized carbons (Fsp3) is 0.364. The molecule has 0 spiro atoms. The predicted molar refractivity (Wildman–Crippen MR) is 48.2 cm³/mol. The Morgan fingerprint density at radius 2 is 2.14 bits per heavy atom. The van der Waals surface area contributed by atoms with Gasteiger partial charge in [-0.15, -0.1) is 0 Å². The molecular weight excluding hydrogens is 180 g/mol. The van der Waals surface area contributed by atoms with Crippen LogP contribution >= 0.6 is 0 Å². The predicted octanol–water partition coefficient (Wildman–Crippen LogP) is 0.0323.